The van der Waals surface area contributed by atoms with Crippen LogP contribution >= 0.6 is 0 Å². The zero-order chi connectivity index (χ0) is 25.4. The summed E-state index contributed by atoms with van der Waals surface area (Å²) in [4.78, 5) is 43.5. The van der Waals surface area contributed by atoms with Crippen molar-refractivity contribution in [2.45, 2.75) is 31.7 Å². The molecule has 2 aromatic rings. The van der Waals surface area contributed by atoms with E-state index in [2.05, 4.69) is 5.32 Å². The van der Waals surface area contributed by atoms with Crippen LogP contribution in [-0.4, -0.2) is 73.3 Å². The molecule has 0 aliphatic carbocycles. The second kappa shape index (κ2) is 9.84. The number of carbonyl (C=O) groups excluding carboxylic acids is 3. The first-order valence-corrected chi connectivity index (χ1v) is 12.7. The van der Waals surface area contributed by atoms with Crippen molar-refractivity contribution in [2.24, 2.45) is 5.92 Å². The van der Waals surface area contributed by atoms with Crippen molar-refractivity contribution < 1.29 is 33.3 Å². The molecule has 0 saturated carbocycles. The number of benzene rings is 2. The van der Waals surface area contributed by atoms with Crippen molar-refractivity contribution in [1.82, 2.24) is 15.1 Å². The number of ether oxygens (including phenoxy) is 4. The Hall–Kier alpha value is -3.95. The minimum absolute atomic E-state index is 0.0489. The van der Waals surface area contributed by atoms with E-state index in [-0.39, 0.29) is 37.2 Å². The maximum absolute atomic E-state index is 13.5. The van der Waals surface area contributed by atoms with Crippen LogP contribution in [0.5, 0.6) is 23.0 Å². The van der Waals surface area contributed by atoms with Gasteiger partial charge < -0.3 is 34.1 Å². The zero-order valence-electron chi connectivity index (χ0n) is 20.4. The van der Waals surface area contributed by atoms with Crippen LogP contribution in [-0.2, 0) is 4.79 Å². The number of nitrogens with zero attached hydrogens (tertiary/aromatic N) is 2. The van der Waals surface area contributed by atoms with Gasteiger partial charge in [-0.1, -0.05) is 0 Å². The maximum Gasteiger partial charge on any atom is 0.253 e. The Morgan fingerprint density at radius 1 is 0.730 bits per heavy atom. The van der Waals surface area contributed by atoms with Gasteiger partial charge in [-0.3, -0.25) is 14.4 Å². The topological polar surface area (TPSA) is 107 Å². The molecule has 1 unspecified atom stereocenters. The van der Waals surface area contributed by atoms with Gasteiger partial charge in [0.15, 0.2) is 23.0 Å². The SMILES string of the molecule is O=C(NC(C(=O)N1CCCC1)C1CCN(C(=O)c2ccc3c(c2)OCO3)CC1)c1ccc2c(c1)OCO2. The molecule has 194 valence electrons. The molecule has 1 N–H and O–H groups in total. The van der Waals surface area contributed by atoms with Crippen molar-refractivity contribution in [3.63, 3.8) is 0 Å². The lowest BCUT2D eigenvalue weighted by Crippen LogP contribution is -2.54. The molecule has 10 heteroatoms. The Morgan fingerprint density at radius 2 is 1.30 bits per heavy atom. The number of rotatable bonds is 5. The lowest BCUT2D eigenvalue weighted by atomic mass is 9.88. The number of piperidine rings is 1. The molecule has 4 aliphatic rings. The summed E-state index contributed by atoms with van der Waals surface area (Å²) in [6.07, 6.45) is 3.16. The largest absolute Gasteiger partial charge is 0.454 e. The third-order valence-corrected chi connectivity index (χ3v) is 7.52. The number of nitrogens with one attached hydrogen (secondary N) is 1. The second-order valence-electron chi connectivity index (χ2n) is 9.75. The molecule has 0 bridgehead atoms. The van der Waals surface area contributed by atoms with Crippen molar-refractivity contribution in [2.75, 3.05) is 39.8 Å². The summed E-state index contributed by atoms with van der Waals surface area (Å²) in [5, 5.41) is 3.01. The molecule has 3 amide bonds. The van der Waals surface area contributed by atoms with Crippen molar-refractivity contribution in [3.8, 4) is 23.0 Å². The van der Waals surface area contributed by atoms with Gasteiger partial charge in [0.05, 0.1) is 0 Å². The van der Waals surface area contributed by atoms with E-state index in [9.17, 15) is 14.4 Å². The number of hydrogen-bond donors (Lipinski definition) is 1. The van der Waals surface area contributed by atoms with Crippen LogP contribution in [0.1, 0.15) is 46.4 Å². The van der Waals surface area contributed by atoms with Crippen molar-refractivity contribution >= 4 is 17.7 Å². The summed E-state index contributed by atoms with van der Waals surface area (Å²) in [6.45, 7) is 2.69. The molecule has 1 atom stereocenters. The van der Waals surface area contributed by atoms with Crippen LogP contribution in [0.15, 0.2) is 36.4 Å². The summed E-state index contributed by atoms with van der Waals surface area (Å²) in [5.41, 5.74) is 0.961. The first kappa shape index (κ1) is 23.4. The van der Waals surface area contributed by atoms with E-state index in [0.717, 1.165) is 12.8 Å². The fraction of sp³-hybridized carbons (Fsp3) is 0.444. The molecular weight excluding hydrogens is 478 g/mol. The number of likely N-dealkylation sites (tertiary alicyclic amines) is 2. The monoisotopic (exact) mass is 507 g/mol. The highest BCUT2D eigenvalue weighted by molar-refractivity contribution is 5.98. The van der Waals surface area contributed by atoms with Gasteiger partial charge in [0.25, 0.3) is 11.8 Å². The fourth-order valence-electron chi connectivity index (χ4n) is 5.43. The van der Waals surface area contributed by atoms with E-state index < -0.39 is 6.04 Å². The van der Waals surface area contributed by atoms with Gasteiger partial charge in [0.1, 0.15) is 6.04 Å². The average molecular weight is 508 g/mol. The van der Waals surface area contributed by atoms with Crippen molar-refractivity contribution in [3.05, 3.63) is 47.5 Å². The van der Waals surface area contributed by atoms with E-state index in [1.54, 1.807) is 41.3 Å². The highest BCUT2D eigenvalue weighted by Gasteiger charge is 2.37. The number of carbonyl (C=O) groups is 3. The van der Waals surface area contributed by atoms with Crippen molar-refractivity contribution in [1.29, 1.82) is 0 Å². The van der Waals surface area contributed by atoms with Gasteiger partial charge in [-0.2, -0.15) is 0 Å². The van der Waals surface area contributed by atoms with Crippen LogP contribution < -0.4 is 24.3 Å². The number of amides is 3. The van der Waals surface area contributed by atoms with Gasteiger partial charge in [-0.15, -0.1) is 0 Å². The quantitative estimate of drug-likeness (QED) is 0.663. The lowest BCUT2D eigenvalue weighted by Gasteiger charge is -2.37. The van der Waals surface area contributed by atoms with Gasteiger partial charge in [-0.05, 0) is 68.0 Å². The Kier molecular flexibility index (Phi) is 6.23. The highest BCUT2D eigenvalue weighted by Crippen LogP contribution is 2.34. The smallest absolute Gasteiger partial charge is 0.253 e. The molecule has 4 heterocycles. The molecular formula is C27H29N3O7. The van der Waals surface area contributed by atoms with E-state index in [4.69, 9.17) is 18.9 Å². The molecule has 6 rings (SSSR count). The number of fused-ring (bicyclic) bond motifs is 2. The fourth-order valence-corrected chi connectivity index (χ4v) is 5.43. The Balaban J connectivity index is 1.15. The predicted molar refractivity (Wildman–Crippen MR) is 131 cm³/mol. The molecule has 4 aliphatic heterocycles. The van der Waals surface area contributed by atoms with E-state index in [1.165, 1.54) is 0 Å². The molecule has 10 nitrogen and oxygen atoms in total. The first-order chi connectivity index (χ1) is 18.1. The van der Waals surface area contributed by atoms with Crippen LogP contribution in [0.3, 0.4) is 0 Å². The highest BCUT2D eigenvalue weighted by atomic mass is 16.7. The molecule has 37 heavy (non-hydrogen) atoms. The van der Waals surface area contributed by atoms with E-state index in [1.807, 2.05) is 4.90 Å². The summed E-state index contributed by atoms with van der Waals surface area (Å²) >= 11 is 0. The maximum atomic E-state index is 13.5. The third-order valence-electron chi connectivity index (χ3n) is 7.52. The Bertz CT molecular complexity index is 1220. The standard InChI is InChI=1S/C27H29N3O7/c31-25(18-3-5-20-22(13-18)36-15-34-20)28-24(27(33)29-9-1-2-10-29)17-7-11-30(12-8-17)26(32)19-4-6-21-23(14-19)37-16-35-21/h3-6,13-14,17,24H,1-2,7-12,15-16H2,(H,28,31). The molecule has 0 radical (unpaired) electrons. The summed E-state index contributed by atoms with van der Waals surface area (Å²) in [7, 11) is 0. The zero-order valence-corrected chi connectivity index (χ0v) is 20.4. The Morgan fingerprint density at radius 3 is 1.95 bits per heavy atom. The third kappa shape index (κ3) is 4.63. The second-order valence-corrected chi connectivity index (χ2v) is 9.75. The lowest BCUT2D eigenvalue weighted by molar-refractivity contribution is -0.134. The predicted octanol–water partition coefficient (Wildman–Crippen LogP) is 2.42. The first-order valence-electron chi connectivity index (χ1n) is 12.7. The van der Waals surface area contributed by atoms with Crippen LogP contribution in [0.2, 0.25) is 0 Å². The van der Waals surface area contributed by atoms with E-state index >= 15 is 0 Å². The van der Waals surface area contributed by atoms with Crippen LogP contribution in [0.25, 0.3) is 0 Å². The van der Waals surface area contributed by atoms with Gasteiger partial charge >= 0.3 is 0 Å². The van der Waals surface area contributed by atoms with Gasteiger partial charge in [-0.25, -0.2) is 0 Å². The molecule has 2 fully saturated rings. The summed E-state index contributed by atoms with van der Waals surface area (Å²) < 4.78 is 21.5. The van der Waals surface area contributed by atoms with Gasteiger partial charge in [0.2, 0.25) is 19.5 Å². The number of hydrogen-bond acceptors (Lipinski definition) is 7. The minimum Gasteiger partial charge on any atom is -0.454 e. The van der Waals surface area contributed by atoms with Crippen LogP contribution in [0, 0.1) is 5.92 Å². The molecule has 0 spiro atoms. The van der Waals surface area contributed by atoms with Crippen LogP contribution in [0.4, 0.5) is 0 Å². The summed E-state index contributed by atoms with van der Waals surface area (Å²) in [5.74, 6) is 1.79. The van der Waals surface area contributed by atoms with Gasteiger partial charge in [0, 0.05) is 37.3 Å². The molecule has 0 aromatic heterocycles. The normalized spacial score (nSPS) is 19.1. The summed E-state index contributed by atoms with van der Waals surface area (Å²) in [6, 6.07) is 9.57. The molecule has 2 aromatic carbocycles. The minimum atomic E-state index is -0.654. The average Bonchev–Trinajstić information content (AvgIpc) is 3.72. The molecule has 2 saturated heterocycles. The Labute approximate surface area is 214 Å². The van der Waals surface area contributed by atoms with E-state index in [0.29, 0.717) is 73.1 Å².